The molecular weight excluding hydrogens is 232 g/mol. The molecule has 2 aromatic rings. The summed E-state index contributed by atoms with van der Waals surface area (Å²) in [6, 6.07) is 0.630. The zero-order valence-electron chi connectivity index (χ0n) is 9.70. The molecule has 0 radical (unpaired) electrons. The molecule has 2 aromatic heterocycles. The van der Waals surface area contributed by atoms with Crippen LogP contribution in [0.4, 0.5) is 0 Å². The largest absolute Gasteiger partial charge is 0.336 e. The minimum Gasteiger partial charge on any atom is -0.336 e. The molecule has 0 aromatic carbocycles. The van der Waals surface area contributed by atoms with Crippen molar-refractivity contribution in [2.75, 3.05) is 6.54 Å². The van der Waals surface area contributed by atoms with Crippen LogP contribution in [0.5, 0.6) is 0 Å². The highest BCUT2D eigenvalue weighted by atomic mass is 32.1. The predicted octanol–water partition coefficient (Wildman–Crippen LogP) is 2.00. The van der Waals surface area contributed by atoms with Gasteiger partial charge in [0.25, 0.3) is 0 Å². The molecule has 5 heteroatoms. The Hall–Kier alpha value is -1.20. The Morgan fingerprint density at radius 2 is 2.47 bits per heavy atom. The summed E-state index contributed by atoms with van der Waals surface area (Å²) in [5, 5.41) is 2.15. The smallest absolute Gasteiger partial charge is 0.0946 e. The van der Waals surface area contributed by atoms with Crippen molar-refractivity contribution < 1.29 is 0 Å². The van der Waals surface area contributed by atoms with Crippen LogP contribution in [-0.4, -0.2) is 32.0 Å². The number of hydrogen-bond acceptors (Lipinski definition) is 4. The maximum Gasteiger partial charge on any atom is 0.0946 e. The molecule has 1 aliphatic rings. The molecule has 1 aliphatic heterocycles. The molecule has 0 amide bonds. The van der Waals surface area contributed by atoms with Gasteiger partial charge >= 0.3 is 0 Å². The maximum atomic E-state index is 4.37. The van der Waals surface area contributed by atoms with E-state index in [9.17, 15) is 0 Å². The van der Waals surface area contributed by atoms with Crippen LogP contribution in [-0.2, 0) is 13.1 Å². The van der Waals surface area contributed by atoms with Gasteiger partial charge in [-0.15, -0.1) is 11.3 Å². The lowest BCUT2D eigenvalue weighted by Gasteiger charge is -2.23. The van der Waals surface area contributed by atoms with Crippen LogP contribution in [0.1, 0.15) is 18.5 Å². The zero-order chi connectivity index (χ0) is 11.5. The van der Waals surface area contributed by atoms with Crippen molar-refractivity contribution >= 4 is 11.3 Å². The van der Waals surface area contributed by atoms with E-state index in [0.29, 0.717) is 6.04 Å². The number of likely N-dealkylation sites (tertiary alicyclic amines) is 1. The highest BCUT2D eigenvalue weighted by Gasteiger charge is 2.24. The second-order valence-electron chi connectivity index (χ2n) is 4.51. The van der Waals surface area contributed by atoms with Crippen molar-refractivity contribution in [2.45, 2.75) is 32.0 Å². The molecule has 0 spiro atoms. The number of hydrogen-bond donors (Lipinski definition) is 0. The lowest BCUT2D eigenvalue weighted by atomic mass is 10.2. The van der Waals surface area contributed by atoms with Crippen LogP contribution in [0.3, 0.4) is 0 Å². The SMILES string of the molecule is c1cn(C[C@H]2CCCN2Cc2cscn2)cn1. The summed E-state index contributed by atoms with van der Waals surface area (Å²) in [6.45, 7) is 3.23. The summed E-state index contributed by atoms with van der Waals surface area (Å²) < 4.78 is 2.17. The molecule has 0 aliphatic carbocycles. The van der Waals surface area contributed by atoms with Gasteiger partial charge in [0.15, 0.2) is 0 Å². The number of aromatic nitrogens is 3. The fourth-order valence-electron chi connectivity index (χ4n) is 2.47. The molecule has 4 nitrogen and oxygen atoms in total. The molecule has 17 heavy (non-hydrogen) atoms. The van der Waals surface area contributed by atoms with E-state index < -0.39 is 0 Å². The van der Waals surface area contributed by atoms with Crippen molar-refractivity contribution in [3.8, 4) is 0 Å². The van der Waals surface area contributed by atoms with E-state index in [1.54, 1.807) is 11.3 Å². The molecule has 0 bridgehead atoms. The van der Waals surface area contributed by atoms with Gasteiger partial charge in [-0.25, -0.2) is 9.97 Å². The zero-order valence-corrected chi connectivity index (χ0v) is 10.5. The molecule has 1 atom stereocenters. The quantitative estimate of drug-likeness (QED) is 0.830. The summed E-state index contributed by atoms with van der Waals surface area (Å²) in [4.78, 5) is 11.0. The Labute approximate surface area is 105 Å². The van der Waals surface area contributed by atoms with Crippen molar-refractivity contribution in [1.82, 2.24) is 19.4 Å². The average molecular weight is 248 g/mol. The van der Waals surface area contributed by atoms with E-state index in [4.69, 9.17) is 0 Å². The first-order valence-electron chi connectivity index (χ1n) is 5.98. The van der Waals surface area contributed by atoms with Gasteiger partial charge < -0.3 is 4.57 Å². The topological polar surface area (TPSA) is 34.0 Å². The normalized spacial score (nSPS) is 21.1. The molecule has 3 rings (SSSR count). The van der Waals surface area contributed by atoms with E-state index in [1.807, 2.05) is 24.2 Å². The first kappa shape index (κ1) is 10.9. The van der Waals surface area contributed by atoms with Crippen molar-refractivity contribution in [1.29, 1.82) is 0 Å². The van der Waals surface area contributed by atoms with Gasteiger partial charge in [0, 0.05) is 36.9 Å². The summed E-state index contributed by atoms with van der Waals surface area (Å²) in [5.41, 5.74) is 3.11. The summed E-state index contributed by atoms with van der Waals surface area (Å²) in [6.07, 6.45) is 8.37. The standard InChI is InChI=1S/C12H16N4S/c1-2-12(7-15-5-3-13-9-15)16(4-1)6-11-8-17-10-14-11/h3,5,8-10,12H,1-2,4,6-7H2/t12-/m1/s1. The van der Waals surface area contributed by atoms with Gasteiger partial charge in [-0.3, -0.25) is 4.90 Å². The van der Waals surface area contributed by atoms with Crippen molar-refractivity contribution in [3.05, 3.63) is 35.3 Å². The lowest BCUT2D eigenvalue weighted by molar-refractivity contribution is 0.222. The van der Waals surface area contributed by atoms with Crippen LogP contribution in [0.15, 0.2) is 29.6 Å². The molecule has 0 saturated carbocycles. The molecule has 1 saturated heterocycles. The Morgan fingerprint density at radius 3 is 3.24 bits per heavy atom. The Kier molecular flexibility index (Phi) is 3.20. The molecule has 0 unspecified atom stereocenters. The Bertz CT molecular complexity index is 395. The second kappa shape index (κ2) is 4.98. The number of thiazole rings is 1. The molecule has 90 valence electrons. The summed E-state index contributed by atoms with van der Waals surface area (Å²) >= 11 is 1.68. The van der Waals surface area contributed by atoms with Gasteiger partial charge in [-0.1, -0.05) is 0 Å². The third kappa shape index (κ3) is 2.56. The molecular formula is C12H16N4S. The Morgan fingerprint density at radius 1 is 1.47 bits per heavy atom. The number of imidazole rings is 1. The van der Waals surface area contributed by atoms with Crippen LogP contribution in [0.2, 0.25) is 0 Å². The van der Waals surface area contributed by atoms with E-state index in [2.05, 4.69) is 24.8 Å². The average Bonchev–Trinajstić information content (AvgIpc) is 3.04. The predicted molar refractivity (Wildman–Crippen MR) is 67.8 cm³/mol. The third-order valence-electron chi connectivity index (χ3n) is 3.33. The van der Waals surface area contributed by atoms with E-state index in [1.165, 1.54) is 25.1 Å². The first-order valence-corrected chi connectivity index (χ1v) is 6.93. The van der Waals surface area contributed by atoms with Crippen molar-refractivity contribution in [2.24, 2.45) is 0 Å². The van der Waals surface area contributed by atoms with Gasteiger partial charge in [0.2, 0.25) is 0 Å². The van der Waals surface area contributed by atoms with Gasteiger partial charge in [-0.05, 0) is 19.4 Å². The molecule has 1 fully saturated rings. The summed E-state index contributed by atoms with van der Waals surface area (Å²) in [7, 11) is 0. The van der Waals surface area contributed by atoms with E-state index in [0.717, 1.165) is 13.1 Å². The highest BCUT2D eigenvalue weighted by Crippen LogP contribution is 2.21. The lowest BCUT2D eigenvalue weighted by Crippen LogP contribution is -2.32. The molecule has 3 heterocycles. The maximum absolute atomic E-state index is 4.37. The number of nitrogens with zero attached hydrogens (tertiary/aromatic N) is 4. The fourth-order valence-corrected chi connectivity index (χ4v) is 3.02. The van der Waals surface area contributed by atoms with Gasteiger partial charge in [0.05, 0.1) is 17.5 Å². The van der Waals surface area contributed by atoms with Crippen LogP contribution < -0.4 is 0 Å². The minimum absolute atomic E-state index is 0.630. The highest BCUT2D eigenvalue weighted by molar-refractivity contribution is 7.07. The second-order valence-corrected chi connectivity index (χ2v) is 5.22. The van der Waals surface area contributed by atoms with Crippen LogP contribution >= 0.6 is 11.3 Å². The van der Waals surface area contributed by atoms with Crippen LogP contribution in [0.25, 0.3) is 0 Å². The molecule has 0 N–H and O–H groups in total. The first-order chi connectivity index (χ1) is 8.42. The van der Waals surface area contributed by atoms with Crippen LogP contribution in [0, 0.1) is 0 Å². The fraction of sp³-hybridized carbons (Fsp3) is 0.500. The minimum atomic E-state index is 0.630. The third-order valence-corrected chi connectivity index (χ3v) is 3.96. The van der Waals surface area contributed by atoms with Gasteiger partial charge in [-0.2, -0.15) is 0 Å². The monoisotopic (exact) mass is 248 g/mol. The number of rotatable bonds is 4. The van der Waals surface area contributed by atoms with Gasteiger partial charge in [0.1, 0.15) is 0 Å². The van der Waals surface area contributed by atoms with E-state index in [-0.39, 0.29) is 0 Å². The van der Waals surface area contributed by atoms with E-state index >= 15 is 0 Å². The summed E-state index contributed by atoms with van der Waals surface area (Å²) in [5.74, 6) is 0. The van der Waals surface area contributed by atoms with Crippen molar-refractivity contribution in [3.63, 3.8) is 0 Å². The Balaban J connectivity index is 1.63.